The fraction of sp³-hybridized carbons (Fsp3) is 0.429. The molecule has 0 saturated carbocycles. The summed E-state index contributed by atoms with van der Waals surface area (Å²) >= 11 is 0. The Morgan fingerprint density at radius 3 is 2.52 bits per heavy atom. The summed E-state index contributed by atoms with van der Waals surface area (Å²) in [6, 6.07) is 15.7. The molecule has 0 amide bonds. The summed E-state index contributed by atoms with van der Waals surface area (Å²) in [5.41, 5.74) is 3.42. The van der Waals surface area contributed by atoms with E-state index in [1.807, 2.05) is 12.1 Å². The van der Waals surface area contributed by atoms with E-state index in [-0.39, 0.29) is 42.8 Å². The number of fused-ring (bicyclic) bond motifs is 1. The lowest BCUT2D eigenvalue weighted by Crippen LogP contribution is -2.45. The average molecular weight is 413 g/mol. The summed E-state index contributed by atoms with van der Waals surface area (Å²) in [7, 11) is 0. The first kappa shape index (κ1) is 22.1. The zero-order valence-corrected chi connectivity index (χ0v) is 16.9. The Balaban J connectivity index is 0.00000131. The van der Waals surface area contributed by atoms with Gasteiger partial charge in [-0.05, 0) is 30.0 Å². The van der Waals surface area contributed by atoms with Crippen LogP contribution in [0.1, 0.15) is 35.3 Å². The highest BCUT2D eigenvalue weighted by Crippen LogP contribution is 2.37. The lowest BCUT2D eigenvalue weighted by Gasteiger charge is -2.38. The van der Waals surface area contributed by atoms with Crippen LogP contribution >= 0.6 is 24.8 Å². The molecule has 0 radical (unpaired) electrons. The van der Waals surface area contributed by atoms with Crippen molar-refractivity contribution in [2.45, 2.75) is 25.0 Å². The quantitative estimate of drug-likeness (QED) is 0.808. The van der Waals surface area contributed by atoms with Crippen molar-refractivity contribution in [2.24, 2.45) is 0 Å². The molecule has 148 valence electrons. The van der Waals surface area contributed by atoms with Gasteiger partial charge in [-0.15, -0.1) is 24.8 Å². The van der Waals surface area contributed by atoms with Crippen LogP contribution in [0.15, 0.2) is 48.5 Å². The molecule has 1 saturated heterocycles. The van der Waals surface area contributed by atoms with Crippen LogP contribution in [0.25, 0.3) is 0 Å². The largest absolute Gasteiger partial charge is 0.373 e. The maximum absolute atomic E-state index is 14.6. The highest BCUT2D eigenvalue weighted by molar-refractivity contribution is 5.85. The monoisotopic (exact) mass is 412 g/mol. The molecular formula is C21H27Cl2FN2O. The minimum absolute atomic E-state index is 0. The molecule has 0 spiro atoms. The van der Waals surface area contributed by atoms with Gasteiger partial charge in [0.15, 0.2) is 0 Å². The summed E-state index contributed by atoms with van der Waals surface area (Å²) < 4.78 is 20.7. The predicted molar refractivity (Wildman–Crippen MR) is 112 cm³/mol. The van der Waals surface area contributed by atoms with Crippen molar-refractivity contribution in [1.29, 1.82) is 0 Å². The van der Waals surface area contributed by atoms with E-state index in [0.717, 1.165) is 51.2 Å². The van der Waals surface area contributed by atoms with E-state index in [4.69, 9.17) is 4.74 Å². The van der Waals surface area contributed by atoms with Gasteiger partial charge in [0.1, 0.15) is 5.82 Å². The Hall–Kier alpha value is -1.17. The van der Waals surface area contributed by atoms with Crippen molar-refractivity contribution >= 4 is 24.8 Å². The van der Waals surface area contributed by atoms with E-state index in [1.165, 1.54) is 11.1 Å². The number of nitrogens with zero attached hydrogens (tertiary/aromatic N) is 1. The Morgan fingerprint density at radius 2 is 1.74 bits per heavy atom. The molecule has 4 rings (SSSR count). The molecule has 1 fully saturated rings. The molecule has 2 atom stereocenters. The third-order valence-corrected chi connectivity index (χ3v) is 5.39. The number of piperazine rings is 1. The fourth-order valence-electron chi connectivity index (χ4n) is 4.09. The van der Waals surface area contributed by atoms with Crippen molar-refractivity contribution < 1.29 is 9.13 Å². The van der Waals surface area contributed by atoms with E-state index >= 15 is 0 Å². The second kappa shape index (κ2) is 10.4. The maximum Gasteiger partial charge on any atom is 0.127 e. The number of hydrogen-bond acceptors (Lipinski definition) is 3. The molecule has 2 aromatic rings. The normalized spacial score (nSPS) is 20.7. The molecule has 0 bridgehead atoms. The summed E-state index contributed by atoms with van der Waals surface area (Å²) in [6.45, 7) is 4.52. The smallest absolute Gasteiger partial charge is 0.127 e. The number of benzene rings is 2. The lowest BCUT2D eigenvalue weighted by atomic mass is 9.90. The molecule has 0 aromatic heterocycles. The SMILES string of the molecule is Cl.Cl.Fc1ccccc1C(CC1OCCc2ccccc21)N1CCNCC1. The third-order valence-electron chi connectivity index (χ3n) is 5.39. The standard InChI is InChI=1S/C21H25FN2O.2ClH/c22-19-8-4-3-7-18(19)20(24-12-10-23-11-13-24)15-21-17-6-2-1-5-16(17)9-14-25-21;;/h1-8,20-21,23H,9-15H2;2*1H. The van der Waals surface area contributed by atoms with E-state index in [1.54, 1.807) is 12.1 Å². The van der Waals surface area contributed by atoms with E-state index in [0.29, 0.717) is 0 Å². The number of hydrogen-bond donors (Lipinski definition) is 1. The van der Waals surface area contributed by atoms with Gasteiger partial charge in [0.05, 0.1) is 12.7 Å². The van der Waals surface area contributed by atoms with Gasteiger partial charge in [0.25, 0.3) is 0 Å². The van der Waals surface area contributed by atoms with E-state index < -0.39 is 0 Å². The van der Waals surface area contributed by atoms with Crippen LogP contribution in [0.3, 0.4) is 0 Å². The van der Waals surface area contributed by atoms with Crippen LogP contribution in [0.2, 0.25) is 0 Å². The summed E-state index contributed by atoms with van der Waals surface area (Å²) in [6.07, 6.45) is 1.78. The van der Waals surface area contributed by atoms with Crippen molar-refractivity contribution in [3.8, 4) is 0 Å². The fourth-order valence-corrected chi connectivity index (χ4v) is 4.09. The number of nitrogens with one attached hydrogen (secondary N) is 1. The summed E-state index contributed by atoms with van der Waals surface area (Å²) in [5.74, 6) is -0.116. The third kappa shape index (κ3) is 5.01. The van der Waals surface area contributed by atoms with Gasteiger partial charge in [-0.2, -0.15) is 0 Å². The summed E-state index contributed by atoms with van der Waals surface area (Å²) in [5, 5.41) is 3.39. The Morgan fingerprint density at radius 1 is 1.04 bits per heavy atom. The predicted octanol–water partition coefficient (Wildman–Crippen LogP) is 4.32. The Kier molecular flexibility index (Phi) is 8.52. The van der Waals surface area contributed by atoms with Crippen molar-refractivity contribution in [1.82, 2.24) is 10.2 Å². The highest BCUT2D eigenvalue weighted by atomic mass is 35.5. The van der Waals surface area contributed by atoms with Crippen molar-refractivity contribution in [2.75, 3.05) is 32.8 Å². The molecule has 2 heterocycles. The van der Waals surface area contributed by atoms with E-state index in [2.05, 4.69) is 34.5 Å². The first-order chi connectivity index (χ1) is 12.3. The lowest BCUT2D eigenvalue weighted by molar-refractivity contribution is 0.0114. The molecule has 2 aromatic carbocycles. The van der Waals surface area contributed by atoms with Crippen LogP contribution in [0.5, 0.6) is 0 Å². The molecule has 3 nitrogen and oxygen atoms in total. The zero-order valence-electron chi connectivity index (χ0n) is 15.3. The van der Waals surface area contributed by atoms with Crippen molar-refractivity contribution in [3.63, 3.8) is 0 Å². The van der Waals surface area contributed by atoms with Gasteiger partial charge in [0.2, 0.25) is 0 Å². The van der Waals surface area contributed by atoms with E-state index in [9.17, 15) is 4.39 Å². The molecule has 2 aliphatic rings. The van der Waals surface area contributed by atoms with Crippen LogP contribution in [-0.4, -0.2) is 37.7 Å². The first-order valence-electron chi connectivity index (χ1n) is 9.21. The minimum Gasteiger partial charge on any atom is -0.373 e. The molecule has 2 unspecified atom stereocenters. The average Bonchev–Trinajstić information content (AvgIpc) is 2.68. The van der Waals surface area contributed by atoms with Crippen LogP contribution in [-0.2, 0) is 11.2 Å². The van der Waals surface area contributed by atoms with Crippen LogP contribution < -0.4 is 5.32 Å². The maximum atomic E-state index is 14.6. The first-order valence-corrected chi connectivity index (χ1v) is 9.21. The second-order valence-corrected chi connectivity index (χ2v) is 6.87. The number of ether oxygens (including phenoxy) is 1. The molecular weight excluding hydrogens is 386 g/mol. The van der Waals surface area contributed by atoms with Crippen molar-refractivity contribution in [3.05, 3.63) is 71.0 Å². The highest BCUT2D eigenvalue weighted by Gasteiger charge is 2.30. The van der Waals surface area contributed by atoms with Gasteiger partial charge in [-0.25, -0.2) is 4.39 Å². The number of halogens is 3. The van der Waals surface area contributed by atoms with Gasteiger partial charge in [-0.3, -0.25) is 4.90 Å². The van der Waals surface area contributed by atoms with Gasteiger partial charge >= 0.3 is 0 Å². The topological polar surface area (TPSA) is 24.5 Å². The number of rotatable bonds is 4. The Bertz CT molecular complexity index is 725. The van der Waals surface area contributed by atoms with Gasteiger partial charge in [0, 0.05) is 37.8 Å². The molecule has 2 aliphatic heterocycles. The molecule has 27 heavy (non-hydrogen) atoms. The Labute approximate surface area is 173 Å². The van der Waals surface area contributed by atoms with Gasteiger partial charge in [-0.1, -0.05) is 42.5 Å². The molecule has 1 N–H and O–H groups in total. The van der Waals surface area contributed by atoms with Gasteiger partial charge < -0.3 is 10.1 Å². The minimum atomic E-state index is -0.116. The van der Waals surface area contributed by atoms with Crippen LogP contribution in [0, 0.1) is 5.82 Å². The second-order valence-electron chi connectivity index (χ2n) is 6.87. The zero-order chi connectivity index (χ0) is 17.1. The molecule has 6 heteroatoms. The van der Waals surface area contributed by atoms with Crippen LogP contribution in [0.4, 0.5) is 4.39 Å². The molecule has 0 aliphatic carbocycles. The summed E-state index contributed by atoms with van der Waals surface area (Å²) in [4.78, 5) is 2.40.